The van der Waals surface area contributed by atoms with Gasteiger partial charge in [-0.05, 0) is 25.6 Å². The van der Waals surface area contributed by atoms with Crippen LogP contribution in [-0.4, -0.2) is 26.8 Å². The molecule has 0 amide bonds. The molecule has 0 saturated heterocycles. The van der Waals surface area contributed by atoms with Crippen LogP contribution in [0.4, 0.5) is 0 Å². The number of hydrogen-bond acceptors (Lipinski definition) is 4. The first-order chi connectivity index (χ1) is 7.72. The van der Waals surface area contributed by atoms with E-state index >= 15 is 0 Å². The zero-order chi connectivity index (χ0) is 11.5. The molecule has 84 valence electrons. The summed E-state index contributed by atoms with van der Waals surface area (Å²) in [4.78, 5) is 8.66. The third kappa shape index (κ3) is 1.94. The predicted octanol–water partition coefficient (Wildman–Crippen LogP) is 0.827. The first-order valence-corrected chi connectivity index (χ1v) is 5.16. The molecule has 0 aliphatic carbocycles. The predicted molar refractivity (Wildman–Crippen MR) is 60.9 cm³/mol. The molecule has 0 aliphatic rings. The molecule has 1 N–H and O–H groups in total. The maximum absolute atomic E-state index is 4.33. The third-order valence-electron chi connectivity index (χ3n) is 2.50. The molecule has 2 rings (SSSR count). The lowest BCUT2D eigenvalue weighted by molar-refractivity contribution is 0.579. The minimum atomic E-state index is -0.0203. The van der Waals surface area contributed by atoms with E-state index in [1.165, 1.54) is 0 Å². The minimum absolute atomic E-state index is 0.0203. The van der Waals surface area contributed by atoms with Crippen LogP contribution in [0.1, 0.15) is 23.1 Å². The Morgan fingerprint density at radius 2 is 2.00 bits per heavy atom. The summed E-state index contributed by atoms with van der Waals surface area (Å²) >= 11 is 0. The van der Waals surface area contributed by atoms with Gasteiger partial charge in [-0.15, -0.1) is 0 Å². The molecule has 16 heavy (non-hydrogen) atoms. The van der Waals surface area contributed by atoms with Crippen molar-refractivity contribution in [3.63, 3.8) is 0 Å². The van der Waals surface area contributed by atoms with Crippen molar-refractivity contribution < 1.29 is 0 Å². The van der Waals surface area contributed by atoms with Crippen LogP contribution in [0.3, 0.4) is 0 Å². The summed E-state index contributed by atoms with van der Waals surface area (Å²) in [5.74, 6) is 0.761. The molecule has 0 bridgehead atoms. The molecule has 2 aromatic rings. The van der Waals surface area contributed by atoms with Crippen molar-refractivity contribution >= 4 is 0 Å². The topological polar surface area (TPSA) is 55.6 Å². The van der Waals surface area contributed by atoms with Crippen LogP contribution in [0.25, 0.3) is 0 Å². The van der Waals surface area contributed by atoms with Crippen LogP contribution in [0, 0.1) is 6.92 Å². The van der Waals surface area contributed by atoms with Crippen LogP contribution in [0.2, 0.25) is 0 Å². The number of aryl methyl sites for hydroxylation is 2. The van der Waals surface area contributed by atoms with Crippen molar-refractivity contribution in [2.24, 2.45) is 7.05 Å². The number of hydrogen-bond donors (Lipinski definition) is 1. The van der Waals surface area contributed by atoms with Gasteiger partial charge in [0.15, 0.2) is 5.82 Å². The maximum Gasteiger partial charge on any atom is 0.151 e. The van der Waals surface area contributed by atoms with E-state index in [0.717, 1.165) is 17.1 Å². The molecule has 2 aromatic heterocycles. The highest BCUT2D eigenvalue weighted by molar-refractivity contribution is 5.17. The molecule has 0 aliphatic heterocycles. The highest BCUT2D eigenvalue weighted by atomic mass is 15.3. The summed E-state index contributed by atoms with van der Waals surface area (Å²) in [5, 5.41) is 7.34. The smallest absolute Gasteiger partial charge is 0.151 e. The van der Waals surface area contributed by atoms with Crippen molar-refractivity contribution in [3.05, 3.63) is 41.7 Å². The molecule has 0 saturated carbocycles. The Hall–Kier alpha value is -1.75. The van der Waals surface area contributed by atoms with Gasteiger partial charge in [0.05, 0.1) is 5.69 Å². The Kier molecular flexibility index (Phi) is 2.96. The second-order valence-electron chi connectivity index (χ2n) is 3.72. The lowest BCUT2D eigenvalue weighted by Crippen LogP contribution is -2.22. The van der Waals surface area contributed by atoms with Crippen molar-refractivity contribution in [2.75, 3.05) is 7.05 Å². The van der Waals surface area contributed by atoms with Crippen LogP contribution in [0.15, 0.2) is 24.7 Å². The van der Waals surface area contributed by atoms with Gasteiger partial charge in [0.1, 0.15) is 6.04 Å². The van der Waals surface area contributed by atoms with Crippen LogP contribution in [0.5, 0.6) is 0 Å². The Morgan fingerprint density at radius 3 is 2.50 bits per heavy atom. The highest BCUT2D eigenvalue weighted by Crippen LogP contribution is 2.16. The van der Waals surface area contributed by atoms with Gasteiger partial charge in [0, 0.05) is 25.6 Å². The largest absolute Gasteiger partial charge is 0.305 e. The standard InChI is InChI=1S/C11H15N5/c1-8-6-13-11(14-7-8)10(12-2)9-4-5-15-16(9)3/h4-7,10,12H,1-3H3. The van der Waals surface area contributed by atoms with Gasteiger partial charge in [0.2, 0.25) is 0 Å². The van der Waals surface area contributed by atoms with Gasteiger partial charge in [-0.2, -0.15) is 5.10 Å². The van der Waals surface area contributed by atoms with E-state index in [4.69, 9.17) is 0 Å². The summed E-state index contributed by atoms with van der Waals surface area (Å²) in [7, 11) is 3.80. The second-order valence-corrected chi connectivity index (χ2v) is 3.72. The number of rotatable bonds is 3. The van der Waals surface area contributed by atoms with Crippen molar-refractivity contribution in [1.29, 1.82) is 0 Å². The quantitative estimate of drug-likeness (QED) is 0.827. The minimum Gasteiger partial charge on any atom is -0.305 e. The van der Waals surface area contributed by atoms with E-state index in [9.17, 15) is 0 Å². The van der Waals surface area contributed by atoms with Gasteiger partial charge in [-0.1, -0.05) is 0 Å². The van der Waals surface area contributed by atoms with E-state index in [1.54, 1.807) is 6.20 Å². The first-order valence-electron chi connectivity index (χ1n) is 5.16. The van der Waals surface area contributed by atoms with E-state index in [2.05, 4.69) is 20.4 Å². The molecule has 1 unspecified atom stereocenters. The number of nitrogens with one attached hydrogen (secondary N) is 1. The fourth-order valence-corrected chi connectivity index (χ4v) is 1.63. The zero-order valence-electron chi connectivity index (χ0n) is 9.68. The highest BCUT2D eigenvalue weighted by Gasteiger charge is 2.17. The van der Waals surface area contributed by atoms with Gasteiger partial charge >= 0.3 is 0 Å². The van der Waals surface area contributed by atoms with E-state index in [0.29, 0.717) is 0 Å². The Balaban J connectivity index is 2.37. The molecular weight excluding hydrogens is 202 g/mol. The van der Waals surface area contributed by atoms with Crippen molar-refractivity contribution in [2.45, 2.75) is 13.0 Å². The fourth-order valence-electron chi connectivity index (χ4n) is 1.63. The number of aromatic nitrogens is 4. The average Bonchev–Trinajstić information content (AvgIpc) is 2.69. The van der Waals surface area contributed by atoms with Gasteiger partial charge in [0.25, 0.3) is 0 Å². The van der Waals surface area contributed by atoms with Crippen LogP contribution in [-0.2, 0) is 7.05 Å². The molecule has 0 fully saturated rings. The van der Waals surface area contributed by atoms with Gasteiger partial charge in [-0.3, -0.25) is 4.68 Å². The maximum atomic E-state index is 4.33. The number of nitrogens with zero attached hydrogens (tertiary/aromatic N) is 4. The fraction of sp³-hybridized carbons (Fsp3) is 0.364. The summed E-state index contributed by atoms with van der Waals surface area (Å²) < 4.78 is 1.82. The van der Waals surface area contributed by atoms with Gasteiger partial charge < -0.3 is 5.32 Å². The summed E-state index contributed by atoms with van der Waals surface area (Å²) in [5.41, 5.74) is 2.11. The lowest BCUT2D eigenvalue weighted by atomic mass is 10.2. The summed E-state index contributed by atoms with van der Waals surface area (Å²) in [6, 6.07) is 1.94. The normalized spacial score (nSPS) is 12.7. The Bertz CT molecular complexity index is 459. The van der Waals surface area contributed by atoms with Crippen LogP contribution < -0.4 is 5.32 Å². The monoisotopic (exact) mass is 217 g/mol. The molecular formula is C11H15N5. The summed E-state index contributed by atoms with van der Waals surface area (Å²) in [6.07, 6.45) is 5.42. The first kappa shape index (κ1) is 10.8. The third-order valence-corrected chi connectivity index (χ3v) is 2.50. The Morgan fingerprint density at radius 1 is 1.31 bits per heavy atom. The molecule has 0 spiro atoms. The van der Waals surface area contributed by atoms with Gasteiger partial charge in [-0.25, -0.2) is 9.97 Å². The zero-order valence-corrected chi connectivity index (χ0v) is 9.68. The van der Waals surface area contributed by atoms with E-state index < -0.39 is 0 Å². The van der Waals surface area contributed by atoms with E-state index in [-0.39, 0.29) is 6.04 Å². The second kappa shape index (κ2) is 4.40. The molecule has 5 nitrogen and oxygen atoms in total. The molecule has 5 heteroatoms. The van der Waals surface area contributed by atoms with E-state index in [1.807, 2.05) is 44.2 Å². The summed E-state index contributed by atoms with van der Waals surface area (Å²) in [6.45, 7) is 1.97. The average molecular weight is 217 g/mol. The Labute approximate surface area is 94.5 Å². The molecule has 0 aromatic carbocycles. The van der Waals surface area contributed by atoms with Crippen LogP contribution >= 0.6 is 0 Å². The molecule has 2 heterocycles. The van der Waals surface area contributed by atoms with Crippen molar-refractivity contribution in [1.82, 2.24) is 25.1 Å². The SMILES string of the molecule is CNC(c1ncc(C)cn1)c1ccnn1C. The van der Waals surface area contributed by atoms with Crippen molar-refractivity contribution in [3.8, 4) is 0 Å². The molecule has 0 radical (unpaired) electrons. The lowest BCUT2D eigenvalue weighted by Gasteiger charge is -2.14. The molecule has 1 atom stereocenters.